The zero-order valence-electron chi connectivity index (χ0n) is 17.6. The van der Waals surface area contributed by atoms with Crippen LogP contribution < -0.4 is 19.5 Å². The largest absolute Gasteiger partial charge is 0.495 e. The minimum atomic E-state index is -1.01. The Kier molecular flexibility index (Phi) is 7.26. The van der Waals surface area contributed by atoms with E-state index in [9.17, 15) is 9.90 Å². The third-order valence-corrected chi connectivity index (χ3v) is 5.13. The third kappa shape index (κ3) is 5.41. The number of benzene rings is 3. The van der Waals surface area contributed by atoms with Gasteiger partial charge in [-0.05, 0) is 53.9 Å². The molecule has 0 fully saturated rings. The maximum atomic E-state index is 11.3. The number of nitrogens with one attached hydrogen (secondary N) is 1. The van der Waals surface area contributed by atoms with Gasteiger partial charge in [0.25, 0.3) is 0 Å². The van der Waals surface area contributed by atoms with E-state index in [0.717, 1.165) is 16.7 Å². The first-order valence-corrected chi connectivity index (χ1v) is 9.99. The van der Waals surface area contributed by atoms with Gasteiger partial charge in [0.15, 0.2) is 11.5 Å². The number of hydrogen-bond donors (Lipinski definition) is 2. The molecule has 3 aromatic rings. The summed E-state index contributed by atoms with van der Waals surface area (Å²) in [7, 11) is 3.09. The zero-order chi connectivity index (χ0) is 22.4. The molecule has 6 nitrogen and oxygen atoms in total. The lowest BCUT2D eigenvalue weighted by Gasteiger charge is -2.16. The molecule has 0 bridgehead atoms. The van der Waals surface area contributed by atoms with Crippen molar-refractivity contribution in [3.8, 4) is 17.2 Å². The molecular weight excluding hydrogens is 418 g/mol. The lowest BCUT2D eigenvalue weighted by atomic mass is 10.1. The van der Waals surface area contributed by atoms with Crippen LogP contribution in [0.3, 0.4) is 0 Å². The first kappa shape index (κ1) is 22.3. The Morgan fingerprint density at radius 2 is 1.77 bits per heavy atom. The van der Waals surface area contributed by atoms with Crippen LogP contribution in [0.25, 0.3) is 0 Å². The number of aromatic carboxylic acids is 1. The van der Waals surface area contributed by atoms with E-state index >= 15 is 0 Å². The molecular formula is C24H24ClNO5. The molecule has 0 radical (unpaired) electrons. The zero-order valence-corrected chi connectivity index (χ0v) is 18.3. The second-order valence-corrected chi connectivity index (χ2v) is 7.31. The van der Waals surface area contributed by atoms with Gasteiger partial charge >= 0.3 is 5.97 Å². The number of aryl methyl sites for hydroxylation is 1. The first-order valence-electron chi connectivity index (χ1n) is 9.62. The van der Waals surface area contributed by atoms with Gasteiger partial charge in [0.1, 0.15) is 12.4 Å². The Hall–Kier alpha value is -3.38. The summed E-state index contributed by atoms with van der Waals surface area (Å²) in [4.78, 5) is 11.3. The van der Waals surface area contributed by atoms with Crippen LogP contribution in [-0.4, -0.2) is 25.3 Å². The van der Waals surface area contributed by atoms with Crippen molar-refractivity contribution < 1.29 is 24.1 Å². The number of ether oxygens (including phenoxy) is 3. The molecule has 0 aliphatic carbocycles. The van der Waals surface area contributed by atoms with Gasteiger partial charge in [0, 0.05) is 6.54 Å². The van der Waals surface area contributed by atoms with Crippen LogP contribution in [0.1, 0.15) is 27.0 Å². The van der Waals surface area contributed by atoms with Crippen LogP contribution in [0.4, 0.5) is 5.69 Å². The smallest absolute Gasteiger partial charge is 0.335 e. The molecule has 3 aromatic carbocycles. The van der Waals surface area contributed by atoms with Crippen LogP contribution in [-0.2, 0) is 13.2 Å². The fourth-order valence-corrected chi connectivity index (χ4v) is 3.40. The number of anilines is 1. The monoisotopic (exact) mass is 441 g/mol. The quantitative estimate of drug-likeness (QED) is 0.453. The SMILES string of the molecule is COc1ccc(C(=O)O)cc1NCc1cc(Cl)c(OCc2ccccc2C)c(OC)c1. The van der Waals surface area contributed by atoms with Crippen molar-refractivity contribution >= 4 is 23.3 Å². The maximum Gasteiger partial charge on any atom is 0.335 e. The lowest BCUT2D eigenvalue weighted by molar-refractivity contribution is 0.0697. The fraction of sp³-hybridized carbons (Fsp3) is 0.208. The van der Waals surface area contributed by atoms with Crippen molar-refractivity contribution in [3.05, 3.63) is 81.9 Å². The van der Waals surface area contributed by atoms with Crippen molar-refractivity contribution in [3.63, 3.8) is 0 Å². The molecule has 0 unspecified atom stereocenters. The Morgan fingerprint density at radius 1 is 1.03 bits per heavy atom. The number of carbonyl (C=O) groups is 1. The van der Waals surface area contributed by atoms with Crippen molar-refractivity contribution in [2.24, 2.45) is 0 Å². The molecule has 0 spiro atoms. The Labute approximate surface area is 186 Å². The lowest BCUT2D eigenvalue weighted by Crippen LogP contribution is -2.05. The normalized spacial score (nSPS) is 10.5. The van der Waals surface area contributed by atoms with E-state index < -0.39 is 5.97 Å². The van der Waals surface area contributed by atoms with E-state index in [1.165, 1.54) is 19.2 Å². The molecule has 3 rings (SSSR count). The molecule has 0 saturated carbocycles. The van der Waals surface area contributed by atoms with Crippen molar-refractivity contribution in [2.45, 2.75) is 20.1 Å². The number of hydrogen-bond acceptors (Lipinski definition) is 5. The number of halogens is 1. The molecule has 31 heavy (non-hydrogen) atoms. The third-order valence-electron chi connectivity index (χ3n) is 4.85. The van der Waals surface area contributed by atoms with Crippen LogP contribution in [0.15, 0.2) is 54.6 Å². The van der Waals surface area contributed by atoms with Crippen LogP contribution in [0.2, 0.25) is 5.02 Å². The van der Waals surface area contributed by atoms with Crippen LogP contribution >= 0.6 is 11.6 Å². The number of methoxy groups -OCH3 is 2. The summed E-state index contributed by atoms with van der Waals surface area (Å²) >= 11 is 6.49. The standard InChI is InChI=1S/C24H24ClNO5/c1-15-6-4-5-7-18(15)14-31-23-19(25)10-16(11-22(23)30-3)13-26-20-12-17(24(27)28)8-9-21(20)29-2/h4-12,26H,13-14H2,1-3H3,(H,27,28). The molecule has 0 aliphatic rings. The van der Waals surface area contributed by atoms with Gasteiger partial charge < -0.3 is 24.6 Å². The molecule has 0 amide bonds. The number of carboxylic acid groups (broad SMARTS) is 1. The minimum absolute atomic E-state index is 0.166. The Bertz CT molecular complexity index is 1080. The average molecular weight is 442 g/mol. The molecule has 0 aliphatic heterocycles. The second-order valence-electron chi connectivity index (χ2n) is 6.90. The van der Waals surface area contributed by atoms with Gasteiger partial charge in [-0.25, -0.2) is 4.79 Å². The first-order chi connectivity index (χ1) is 14.9. The van der Waals surface area contributed by atoms with E-state index in [4.69, 9.17) is 25.8 Å². The highest BCUT2D eigenvalue weighted by molar-refractivity contribution is 6.32. The summed E-state index contributed by atoms with van der Waals surface area (Å²) in [6.45, 7) is 2.78. The predicted octanol–water partition coefficient (Wildman–Crippen LogP) is 5.55. The van der Waals surface area contributed by atoms with E-state index in [2.05, 4.69) is 5.32 Å². The van der Waals surface area contributed by atoms with E-state index in [1.54, 1.807) is 19.2 Å². The maximum absolute atomic E-state index is 11.3. The summed E-state index contributed by atoms with van der Waals surface area (Å²) in [5, 5.41) is 12.8. The van der Waals surface area contributed by atoms with E-state index in [1.807, 2.05) is 37.3 Å². The van der Waals surface area contributed by atoms with Crippen LogP contribution in [0.5, 0.6) is 17.2 Å². The second kappa shape index (κ2) is 10.1. The molecule has 0 atom stereocenters. The number of carboxylic acids is 1. The molecule has 162 valence electrons. The Balaban J connectivity index is 1.78. The van der Waals surface area contributed by atoms with E-state index in [-0.39, 0.29) is 5.56 Å². The van der Waals surface area contributed by atoms with Crippen molar-refractivity contribution in [2.75, 3.05) is 19.5 Å². The Morgan fingerprint density at radius 3 is 2.45 bits per heavy atom. The topological polar surface area (TPSA) is 77.0 Å². The summed E-state index contributed by atoms with van der Waals surface area (Å²) in [5.74, 6) is 0.526. The molecule has 0 aromatic heterocycles. The molecule has 0 heterocycles. The van der Waals surface area contributed by atoms with Crippen molar-refractivity contribution in [1.29, 1.82) is 0 Å². The predicted molar refractivity (Wildman–Crippen MR) is 121 cm³/mol. The summed E-state index contributed by atoms with van der Waals surface area (Å²) < 4.78 is 16.8. The minimum Gasteiger partial charge on any atom is -0.495 e. The fourth-order valence-electron chi connectivity index (χ4n) is 3.11. The molecule has 2 N–H and O–H groups in total. The van der Waals surface area contributed by atoms with Gasteiger partial charge in [0.2, 0.25) is 0 Å². The average Bonchev–Trinajstić information content (AvgIpc) is 2.77. The van der Waals surface area contributed by atoms with Gasteiger partial charge in [-0.15, -0.1) is 0 Å². The van der Waals surface area contributed by atoms with Crippen LogP contribution in [0, 0.1) is 6.92 Å². The highest BCUT2D eigenvalue weighted by atomic mass is 35.5. The summed E-state index contributed by atoms with van der Waals surface area (Å²) in [6.07, 6.45) is 0. The van der Waals surface area contributed by atoms with Gasteiger partial charge in [-0.2, -0.15) is 0 Å². The molecule has 7 heteroatoms. The highest BCUT2D eigenvalue weighted by Gasteiger charge is 2.14. The van der Waals surface area contributed by atoms with Gasteiger partial charge in [-0.3, -0.25) is 0 Å². The van der Waals surface area contributed by atoms with Gasteiger partial charge in [0.05, 0.1) is 30.5 Å². The summed E-state index contributed by atoms with van der Waals surface area (Å²) in [5.41, 5.74) is 3.77. The molecule has 0 saturated heterocycles. The van der Waals surface area contributed by atoms with Gasteiger partial charge in [-0.1, -0.05) is 35.9 Å². The number of rotatable bonds is 9. The van der Waals surface area contributed by atoms with E-state index in [0.29, 0.717) is 41.1 Å². The highest BCUT2D eigenvalue weighted by Crippen LogP contribution is 2.37. The van der Waals surface area contributed by atoms with Crippen molar-refractivity contribution in [1.82, 2.24) is 0 Å². The summed E-state index contributed by atoms with van der Waals surface area (Å²) in [6, 6.07) is 16.2.